The second-order valence-electron chi connectivity index (χ2n) is 7.59. The van der Waals surface area contributed by atoms with E-state index in [2.05, 4.69) is 10.3 Å². The number of anilines is 1. The molecule has 0 atom stereocenters. The van der Waals surface area contributed by atoms with Crippen LogP contribution in [0.3, 0.4) is 0 Å². The number of nitrogens with one attached hydrogen (secondary N) is 1. The van der Waals surface area contributed by atoms with Gasteiger partial charge in [-0.3, -0.25) is 14.5 Å². The van der Waals surface area contributed by atoms with Crippen molar-refractivity contribution in [3.63, 3.8) is 0 Å². The van der Waals surface area contributed by atoms with Gasteiger partial charge in [0.1, 0.15) is 4.32 Å². The first kappa shape index (κ1) is 22.6. The molecule has 1 aliphatic heterocycles. The average Bonchev–Trinajstić information content (AvgIpc) is 3.29. The molecule has 8 heteroatoms. The van der Waals surface area contributed by atoms with Crippen molar-refractivity contribution >= 4 is 72.9 Å². The number of aryl methyl sites for hydroxylation is 1. The van der Waals surface area contributed by atoms with E-state index in [1.807, 2.05) is 61.5 Å². The van der Waals surface area contributed by atoms with Crippen LogP contribution in [-0.2, 0) is 9.59 Å². The van der Waals surface area contributed by atoms with Gasteiger partial charge in [-0.15, -0.1) is 0 Å². The summed E-state index contributed by atoms with van der Waals surface area (Å²) in [5.41, 5.74) is 3.08. The van der Waals surface area contributed by atoms with Gasteiger partial charge in [0, 0.05) is 13.0 Å². The second kappa shape index (κ2) is 10.4. The number of benzene rings is 2. The van der Waals surface area contributed by atoms with Crippen LogP contribution in [0.2, 0.25) is 0 Å². The number of hydrogen-bond acceptors (Lipinski definition) is 6. The maximum atomic E-state index is 12.7. The van der Waals surface area contributed by atoms with Crippen LogP contribution in [0.5, 0.6) is 0 Å². The SMILES string of the molecule is Cc1ccc(/C=C2\SC(=S)N(CCCCCC(=O)Nc3nc4ccccc4s3)C2=O)cc1. The molecular formula is C24H23N3O2S3. The molecule has 164 valence electrons. The fourth-order valence-corrected chi connectivity index (χ4v) is 5.54. The van der Waals surface area contributed by atoms with E-state index in [1.54, 1.807) is 4.90 Å². The molecule has 2 amide bonds. The van der Waals surface area contributed by atoms with Gasteiger partial charge in [-0.2, -0.15) is 0 Å². The lowest BCUT2D eigenvalue weighted by Crippen LogP contribution is -2.29. The minimum atomic E-state index is -0.0332. The Balaban J connectivity index is 1.20. The summed E-state index contributed by atoms with van der Waals surface area (Å²) < 4.78 is 1.66. The number of fused-ring (bicyclic) bond motifs is 1. The second-order valence-corrected chi connectivity index (χ2v) is 10.3. The van der Waals surface area contributed by atoms with Crippen LogP contribution in [0.1, 0.15) is 36.8 Å². The standard InChI is InChI=1S/C24H23N3O2S3/c1-16-10-12-17(13-11-16)15-20-22(29)27(24(30)32-20)14-6-2-3-9-21(28)26-23-25-18-7-4-5-8-19(18)31-23/h4-5,7-8,10-13,15H,2-3,6,9,14H2,1H3,(H,25,26,28)/b20-15-. The molecule has 4 rings (SSSR count). The first-order valence-corrected chi connectivity index (χ1v) is 12.5. The molecule has 3 aromatic rings. The lowest BCUT2D eigenvalue weighted by Gasteiger charge is -2.14. The van der Waals surface area contributed by atoms with Crippen LogP contribution in [0.15, 0.2) is 53.4 Å². The normalized spacial score (nSPS) is 15.2. The third-order valence-corrected chi connectivity index (χ3v) is 7.40. The zero-order chi connectivity index (χ0) is 22.5. The molecule has 0 bridgehead atoms. The van der Waals surface area contributed by atoms with Gasteiger partial charge in [-0.05, 0) is 43.5 Å². The zero-order valence-corrected chi connectivity index (χ0v) is 20.1. The van der Waals surface area contributed by atoms with Crippen LogP contribution in [0, 0.1) is 6.92 Å². The summed E-state index contributed by atoms with van der Waals surface area (Å²) in [5, 5.41) is 3.52. The fourth-order valence-electron chi connectivity index (χ4n) is 3.35. The highest BCUT2D eigenvalue weighted by atomic mass is 32.2. The molecule has 0 saturated carbocycles. The van der Waals surface area contributed by atoms with E-state index in [0.717, 1.165) is 35.0 Å². The number of amides is 2. The monoisotopic (exact) mass is 481 g/mol. The summed E-state index contributed by atoms with van der Waals surface area (Å²) in [6.07, 6.45) is 4.73. The Kier molecular flexibility index (Phi) is 7.34. The van der Waals surface area contributed by atoms with Crippen molar-refractivity contribution in [2.45, 2.75) is 32.6 Å². The van der Waals surface area contributed by atoms with Crippen molar-refractivity contribution in [2.24, 2.45) is 0 Å². The van der Waals surface area contributed by atoms with Crippen LogP contribution >= 0.6 is 35.3 Å². The average molecular weight is 482 g/mol. The van der Waals surface area contributed by atoms with Crippen molar-refractivity contribution in [3.8, 4) is 0 Å². The van der Waals surface area contributed by atoms with Crippen molar-refractivity contribution in [3.05, 3.63) is 64.6 Å². The summed E-state index contributed by atoms with van der Waals surface area (Å²) >= 11 is 8.24. The Bertz CT molecular complexity index is 1150. The molecule has 1 N–H and O–H groups in total. The highest BCUT2D eigenvalue weighted by molar-refractivity contribution is 8.26. The van der Waals surface area contributed by atoms with E-state index in [1.165, 1.54) is 28.7 Å². The van der Waals surface area contributed by atoms with Gasteiger partial charge in [-0.25, -0.2) is 4.98 Å². The van der Waals surface area contributed by atoms with Gasteiger partial charge < -0.3 is 5.32 Å². The molecule has 1 aromatic heterocycles. The summed E-state index contributed by atoms with van der Waals surface area (Å²) in [6, 6.07) is 15.9. The highest BCUT2D eigenvalue weighted by Gasteiger charge is 2.31. The van der Waals surface area contributed by atoms with E-state index >= 15 is 0 Å². The third kappa shape index (κ3) is 5.62. The molecule has 0 unspecified atom stereocenters. The summed E-state index contributed by atoms with van der Waals surface area (Å²) in [7, 11) is 0. The Hall–Kier alpha value is -2.55. The molecule has 2 aromatic carbocycles. The number of carbonyl (C=O) groups is 2. The topological polar surface area (TPSA) is 62.3 Å². The van der Waals surface area contributed by atoms with Gasteiger partial charge in [0.25, 0.3) is 5.91 Å². The number of aromatic nitrogens is 1. The molecule has 32 heavy (non-hydrogen) atoms. The highest BCUT2D eigenvalue weighted by Crippen LogP contribution is 2.33. The number of thioether (sulfide) groups is 1. The van der Waals surface area contributed by atoms with E-state index in [0.29, 0.717) is 27.3 Å². The first-order chi connectivity index (χ1) is 15.5. The van der Waals surface area contributed by atoms with E-state index in [9.17, 15) is 9.59 Å². The number of unbranched alkanes of at least 4 members (excludes halogenated alkanes) is 2. The predicted molar refractivity (Wildman–Crippen MR) is 138 cm³/mol. The number of nitrogens with zero attached hydrogens (tertiary/aromatic N) is 2. The summed E-state index contributed by atoms with van der Waals surface area (Å²) in [4.78, 5) is 31.7. The molecule has 1 aliphatic rings. The number of para-hydroxylation sites is 1. The van der Waals surface area contributed by atoms with Gasteiger partial charge in [0.2, 0.25) is 5.91 Å². The molecule has 5 nitrogen and oxygen atoms in total. The molecular weight excluding hydrogens is 458 g/mol. The van der Waals surface area contributed by atoms with Gasteiger partial charge in [0.05, 0.1) is 15.1 Å². The zero-order valence-electron chi connectivity index (χ0n) is 17.7. The van der Waals surface area contributed by atoms with Crippen LogP contribution < -0.4 is 5.32 Å². The van der Waals surface area contributed by atoms with Crippen molar-refractivity contribution < 1.29 is 9.59 Å². The van der Waals surface area contributed by atoms with Crippen molar-refractivity contribution in [2.75, 3.05) is 11.9 Å². The van der Waals surface area contributed by atoms with Gasteiger partial charge in [-0.1, -0.05) is 83.7 Å². The Labute approximate surface area is 200 Å². The molecule has 0 spiro atoms. The predicted octanol–water partition coefficient (Wildman–Crippen LogP) is 6.01. The first-order valence-electron chi connectivity index (χ1n) is 10.5. The quantitative estimate of drug-likeness (QED) is 0.243. The lowest BCUT2D eigenvalue weighted by molar-refractivity contribution is -0.122. The smallest absolute Gasteiger partial charge is 0.266 e. The summed E-state index contributed by atoms with van der Waals surface area (Å²) in [6.45, 7) is 2.61. The minimum absolute atomic E-state index is 0.0318. The van der Waals surface area contributed by atoms with E-state index < -0.39 is 0 Å². The van der Waals surface area contributed by atoms with Crippen LogP contribution in [0.4, 0.5) is 5.13 Å². The fraction of sp³-hybridized carbons (Fsp3) is 0.250. The third-order valence-electron chi connectivity index (χ3n) is 5.07. The molecule has 0 aliphatic carbocycles. The number of thiocarbonyl (C=S) groups is 1. The number of carbonyl (C=O) groups excluding carboxylic acids is 2. The Morgan fingerprint density at radius 2 is 1.91 bits per heavy atom. The maximum absolute atomic E-state index is 12.7. The van der Waals surface area contributed by atoms with Gasteiger partial charge in [0.15, 0.2) is 5.13 Å². The molecule has 1 fully saturated rings. The molecule has 2 heterocycles. The molecule has 1 saturated heterocycles. The number of rotatable bonds is 8. The van der Waals surface area contributed by atoms with Crippen molar-refractivity contribution in [1.82, 2.24) is 9.88 Å². The Morgan fingerprint density at radius 1 is 1.12 bits per heavy atom. The van der Waals surface area contributed by atoms with E-state index in [4.69, 9.17) is 12.2 Å². The number of hydrogen-bond donors (Lipinski definition) is 1. The lowest BCUT2D eigenvalue weighted by atomic mass is 10.1. The Morgan fingerprint density at radius 3 is 2.69 bits per heavy atom. The minimum Gasteiger partial charge on any atom is -0.302 e. The van der Waals surface area contributed by atoms with Crippen LogP contribution in [-0.4, -0.2) is 32.6 Å². The van der Waals surface area contributed by atoms with Gasteiger partial charge >= 0.3 is 0 Å². The van der Waals surface area contributed by atoms with E-state index in [-0.39, 0.29) is 11.8 Å². The van der Waals surface area contributed by atoms with Crippen molar-refractivity contribution in [1.29, 1.82) is 0 Å². The molecule has 0 radical (unpaired) electrons. The van der Waals surface area contributed by atoms with Crippen LogP contribution in [0.25, 0.3) is 16.3 Å². The summed E-state index contributed by atoms with van der Waals surface area (Å²) in [5.74, 6) is -0.0650. The maximum Gasteiger partial charge on any atom is 0.266 e. The number of thiazole rings is 1. The largest absolute Gasteiger partial charge is 0.302 e.